The maximum atomic E-state index is 12.5. The maximum absolute atomic E-state index is 12.5. The Labute approximate surface area is 153 Å². The maximum Gasteiger partial charge on any atom is 0.191 e. The van der Waals surface area contributed by atoms with Gasteiger partial charge in [0.25, 0.3) is 0 Å². The van der Waals surface area contributed by atoms with Crippen molar-refractivity contribution in [3.63, 3.8) is 0 Å². The number of nitrogens with zero attached hydrogens (tertiary/aromatic N) is 3. The average molecular weight is 361 g/mol. The van der Waals surface area contributed by atoms with E-state index in [0.717, 1.165) is 32.9 Å². The van der Waals surface area contributed by atoms with Gasteiger partial charge in [-0.3, -0.25) is 9.59 Å². The van der Waals surface area contributed by atoms with Crippen molar-refractivity contribution in [2.45, 2.75) is 38.4 Å². The van der Waals surface area contributed by atoms with Crippen LogP contribution in [0.5, 0.6) is 0 Å². The van der Waals surface area contributed by atoms with E-state index in [2.05, 4.69) is 14.9 Å². The monoisotopic (exact) mass is 361 g/mol. The van der Waals surface area contributed by atoms with Gasteiger partial charge in [-0.2, -0.15) is 9.81 Å². The van der Waals surface area contributed by atoms with Gasteiger partial charge in [-0.05, 0) is 42.3 Å². The van der Waals surface area contributed by atoms with Gasteiger partial charge in [0.1, 0.15) is 0 Å². The number of carbonyl (C=O) groups excluding carboxylic acids is 2. The van der Waals surface area contributed by atoms with Crippen molar-refractivity contribution in [3.05, 3.63) is 56.3 Å². The number of hydrogen-bond acceptors (Lipinski definition) is 6. The van der Waals surface area contributed by atoms with E-state index >= 15 is 0 Å². The van der Waals surface area contributed by atoms with Crippen LogP contribution in [0, 0.1) is 9.81 Å². The largest absolute Gasteiger partial charge is 0.341 e. The van der Waals surface area contributed by atoms with Gasteiger partial charge in [0, 0.05) is 52.3 Å². The lowest BCUT2D eigenvalue weighted by Gasteiger charge is -2.04. The summed E-state index contributed by atoms with van der Waals surface area (Å²) in [6.07, 6.45) is 0.537. The molecule has 0 saturated carbocycles. The summed E-state index contributed by atoms with van der Waals surface area (Å²) in [7, 11) is 0. The zero-order valence-corrected chi connectivity index (χ0v) is 14.6. The molecule has 0 spiro atoms. The van der Waals surface area contributed by atoms with Crippen LogP contribution in [-0.4, -0.2) is 28.2 Å². The molecule has 0 bridgehead atoms. The van der Waals surface area contributed by atoms with Gasteiger partial charge in [-0.15, -0.1) is 0 Å². The number of aromatic nitrogens is 1. The molecule has 1 heterocycles. The third-order valence-electron chi connectivity index (χ3n) is 5.92. The highest BCUT2D eigenvalue weighted by Gasteiger charge is 2.37. The lowest BCUT2D eigenvalue weighted by molar-refractivity contribution is 0.0967. The van der Waals surface area contributed by atoms with Gasteiger partial charge >= 0.3 is 0 Å². The molecule has 0 amide bonds. The van der Waals surface area contributed by atoms with Crippen molar-refractivity contribution in [1.29, 1.82) is 0 Å². The van der Waals surface area contributed by atoms with Crippen LogP contribution in [0.3, 0.4) is 0 Å². The second-order valence-electron chi connectivity index (χ2n) is 7.10. The molecule has 1 aromatic heterocycles. The summed E-state index contributed by atoms with van der Waals surface area (Å²) >= 11 is 0. The highest BCUT2D eigenvalue weighted by molar-refractivity contribution is 6.20. The molecule has 7 heteroatoms. The van der Waals surface area contributed by atoms with Crippen molar-refractivity contribution in [1.82, 2.24) is 4.57 Å². The van der Waals surface area contributed by atoms with Gasteiger partial charge in [-0.1, -0.05) is 10.4 Å². The zero-order chi connectivity index (χ0) is 18.9. The van der Waals surface area contributed by atoms with E-state index in [1.54, 1.807) is 12.1 Å². The topological polar surface area (TPSA) is 97.9 Å². The molecule has 27 heavy (non-hydrogen) atoms. The standard InChI is InChI=1S/C20H15N3O4/c1-2-23-15-5-3-9-11(7-13(21-26)19(9)24)17(15)18-12-8-14(22-27)20(25)10(12)4-6-16(18)23/h3-6,13-14H,2,7-8H2,1H3. The van der Waals surface area contributed by atoms with E-state index in [9.17, 15) is 19.4 Å². The molecule has 0 fully saturated rings. The van der Waals surface area contributed by atoms with E-state index in [-0.39, 0.29) is 24.4 Å². The predicted molar refractivity (Wildman–Crippen MR) is 100 cm³/mol. The van der Waals surface area contributed by atoms with Gasteiger partial charge in [0.05, 0.1) is 0 Å². The number of hydrogen-bond donors (Lipinski definition) is 0. The highest BCUT2D eigenvalue weighted by Crippen LogP contribution is 2.42. The van der Waals surface area contributed by atoms with E-state index in [0.29, 0.717) is 17.7 Å². The van der Waals surface area contributed by atoms with Crippen LogP contribution in [0.4, 0.5) is 0 Å². The molecule has 3 aromatic rings. The molecule has 2 aromatic carbocycles. The fourth-order valence-electron chi connectivity index (χ4n) is 4.74. The van der Waals surface area contributed by atoms with Crippen LogP contribution >= 0.6 is 0 Å². The minimum Gasteiger partial charge on any atom is -0.341 e. The fraction of sp³-hybridized carbons (Fsp3) is 0.300. The van der Waals surface area contributed by atoms with Crippen LogP contribution < -0.4 is 0 Å². The number of nitroso groups, excluding NO2 is 2. The summed E-state index contributed by atoms with van der Waals surface area (Å²) < 4.78 is 2.13. The molecular formula is C20H15N3O4. The molecule has 2 aliphatic carbocycles. The molecule has 2 atom stereocenters. The summed E-state index contributed by atoms with van der Waals surface area (Å²) in [5, 5.41) is 7.76. The van der Waals surface area contributed by atoms with Gasteiger partial charge in [0.2, 0.25) is 0 Å². The minimum atomic E-state index is -0.895. The Kier molecular flexibility index (Phi) is 3.19. The molecule has 134 valence electrons. The summed E-state index contributed by atoms with van der Waals surface area (Å²) in [5.41, 5.74) is 4.57. The summed E-state index contributed by atoms with van der Waals surface area (Å²) in [5.74, 6) is -0.509. The van der Waals surface area contributed by atoms with Crippen LogP contribution in [0.25, 0.3) is 21.8 Å². The minimum absolute atomic E-state index is 0.254. The van der Waals surface area contributed by atoms with E-state index < -0.39 is 12.1 Å². The fourth-order valence-corrected chi connectivity index (χ4v) is 4.74. The first-order chi connectivity index (χ1) is 13.1. The Morgan fingerprint density at radius 3 is 1.67 bits per heavy atom. The van der Waals surface area contributed by atoms with E-state index in [1.165, 1.54) is 0 Å². The number of rotatable bonds is 3. The zero-order valence-electron chi connectivity index (χ0n) is 14.6. The third-order valence-corrected chi connectivity index (χ3v) is 5.92. The summed E-state index contributed by atoms with van der Waals surface area (Å²) in [4.78, 5) is 47.1. The summed E-state index contributed by atoms with van der Waals surface area (Å²) in [6.45, 7) is 2.74. The molecule has 2 unspecified atom stereocenters. The van der Waals surface area contributed by atoms with Gasteiger partial charge in [0.15, 0.2) is 23.7 Å². The van der Waals surface area contributed by atoms with Gasteiger partial charge < -0.3 is 4.57 Å². The molecule has 2 aliphatic rings. The van der Waals surface area contributed by atoms with Crippen molar-refractivity contribution in [3.8, 4) is 0 Å². The molecular weight excluding hydrogens is 346 g/mol. The summed E-state index contributed by atoms with van der Waals surface area (Å²) in [6, 6.07) is 5.51. The Balaban J connectivity index is 1.94. The molecule has 0 N–H and O–H groups in total. The quantitative estimate of drug-likeness (QED) is 0.666. The smallest absolute Gasteiger partial charge is 0.191 e. The highest BCUT2D eigenvalue weighted by atomic mass is 16.3. The Hall–Kier alpha value is -3.22. The van der Waals surface area contributed by atoms with Crippen LogP contribution in [-0.2, 0) is 19.4 Å². The number of fused-ring (bicyclic) bond motifs is 7. The van der Waals surface area contributed by atoms with Crippen molar-refractivity contribution >= 4 is 33.4 Å². The first-order valence-electron chi connectivity index (χ1n) is 8.93. The Morgan fingerprint density at radius 1 is 0.852 bits per heavy atom. The molecule has 0 radical (unpaired) electrons. The second kappa shape index (κ2) is 5.39. The predicted octanol–water partition coefficient (Wildman–Crippen LogP) is 3.56. The molecule has 5 rings (SSSR count). The SMILES string of the molecule is CCn1c2ccc3c(c2c2c4c(ccc21)C(=O)C(N=O)C4)CC(N=O)C3=O. The number of benzene rings is 2. The number of ketones is 2. The molecule has 7 nitrogen and oxygen atoms in total. The Morgan fingerprint density at radius 2 is 1.30 bits per heavy atom. The molecule has 0 aliphatic heterocycles. The van der Waals surface area contributed by atoms with Crippen LogP contribution in [0.15, 0.2) is 34.6 Å². The van der Waals surface area contributed by atoms with E-state index in [4.69, 9.17) is 0 Å². The second-order valence-corrected chi connectivity index (χ2v) is 7.10. The van der Waals surface area contributed by atoms with E-state index in [1.807, 2.05) is 19.1 Å². The van der Waals surface area contributed by atoms with Crippen molar-refractivity contribution in [2.75, 3.05) is 0 Å². The van der Waals surface area contributed by atoms with Crippen molar-refractivity contribution in [2.24, 2.45) is 10.4 Å². The first-order valence-corrected chi connectivity index (χ1v) is 8.93. The lowest BCUT2D eigenvalue weighted by atomic mass is 9.98. The first kappa shape index (κ1) is 16.0. The normalized spacial score (nSPS) is 21.1. The lowest BCUT2D eigenvalue weighted by Crippen LogP contribution is -2.11. The van der Waals surface area contributed by atoms with Crippen LogP contribution in [0.2, 0.25) is 0 Å². The molecule has 0 saturated heterocycles. The van der Waals surface area contributed by atoms with Crippen molar-refractivity contribution < 1.29 is 9.59 Å². The number of Topliss-reactive ketones (excluding diaryl/α,β-unsaturated/α-hetero) is 2. The average Bonchev–Trinajstić information content (AvgIpc) is 3.30. The third kappa shape index (κ3) is 1.86. The number of aryl methyl sites for hydroxylation is 1. The Bertz CT molecular complexity index is 1120. The van der Waals surface area contributed by atoms with Crippen LogP contribution in [0.1, 0.15) is 38.8 Å². The number of carbonyl (C=O) groups is 2. The van der Waals surface area contributed by atoms with Gasteiger partial charge in [-0.25, -0.2) is 0 Å².